The van der Waals surface area contributed by atoms with Gasteiger partial charge in [-0.05, 0) is 37.3 Å². The van der Waals surface area contributed by atoms with Crippen LogP contribution in [0.3, 0.4) is 0 Å². The summed E-state index contributed by atoms with van der Waals surface area (Å²) >= 11 is 0. The average Bonchev–Trinajstić information content (AvgIpc) is 2.64. The van der Waals surface area contributed by atoms with Gasteiger partial charge in [-0.25, -0.2) is 9.97 Å². The Morgan fingerprint density at radius 1 is 1.19 bits per heavy atom. The molecule has 0 saturated carbocycles. The van der Waals surface area contributed by atoms with E-state index in [0.29, 0.717) is 29.4 Å². The molecule has 8 nitrogen and oxygen atoms in total. The van der Waals surface area contributed by atoms with E-state index >= 15 is 0 Å². The van der Waals surface area contributed by atoms with Crippen molar-refractivity contribution in [2.75, 3.05) is 38.4 Å². The number of ether oxygens (including phenoxy) is 2. The topological polar surface area (TPSA) is 105 Å². The smallest absolute Gasteiger partial charge is 0.325 e. The van der Waals surface area contributed by atoms with Crippen LogP contribution in [0.25, 0.3) is 10.9 Å². The molecule has 1 aromatic carbocycles. The first-order chi connectivity index (χ1) is 12.4. The van der Waals surface area contributed by atoms with Crippen molar-refractivity contribution in [1.82, 2.24) is 9.97 Å². The standard InChI is InChI=1S/C17H24N3O5P/c1-24-14-4-3-13-15(16(14)25-2)18-11-19-17(13)20-8-5-12(6-9-20)7-10-26(21,22)23/h3-4,11-12H,5-10H2,1-2H3,(H2,21,22,23). The molecule has 1 aliphatic rings. The third-order valence-corrected chi connectivity index (χ3v) is 5.71. The van der Waals surface area contributed by atoms with Crippen LogP contribution >= 0.6 is 7.60 Å². The van der Waals surface area contributed by atoms with Crippen LogP contribution in [0.5, 0.6) is 11.5 Å². The number of fused-ring (bicyclic) bond motifs is 1. The molecule has 1 aromatic heterocycles. The molecule has 2 heterocycles. The van der Waals surface area contributed by atoms with Gasteiger partial charge >= 0.3 is 7.60 Å². The van der Waals surface area contributed by atoms with Gasteiger partial charge in [0.25, 0.3) is 0 Å². The van der Waals surface area contributed by atoms with Crippen LogP contribution in [0.2, 0.25) is 0 Å². The van der Waals surface area contributed by atoms with Crippen LogP contribution in [0.15, 0.2) is 18.5 Å². The quantitative estimate of drug-likeness (QED) is 0.735. The second-order valence-corrected chi connectivity index (χ2v) is 8.28. The van der Waals surface area contributed by atoms with Gasteiger partial charge in [-0.15, -0.1) is 0 Å². The maximum absolute atomic E-state index is 11.1. The molecule has 9 heteroatoms. The molecular formula is C17H24N3O5P. The number of hydrogen-bond acceptors (Lipinski definition) is 6. The molecule has 3 rings (SSSR count). The Labute approximate surface area is 152 Å². The lowest BCUT2D eigenvalue weighted by Crippen LogP contribution is -2.34. The highest BCUT2D eigenvalue weighted by atomic mass is 31.2. The minimum absolute atomic E-state index is 0.0366. The van der Waals surface area contributed by atoms with Crippen LogP contribution < -0.4 is 14.4 Å². The molecule has 0 aliphatic carbocycles. The lowest BCUT2D eigenvalue weighted by molar-refractivity contribution is 0.350. The number of aromatic nitrogens is 2. The summed E-state index contributed by atoms with van der Waals surface area (Å²) in [6, 6.07) is 3.78. The number of anilines is 1. The monoisotopic (exact) mass is 381 g/mol. The minimum atomic E-state index is -3.92. The van der Waals surface area contributed by atoms with E-state index in [0.717, 1.165) is 37.1 Å². The van der Waals surface area contributed by atoms with Crippen molar-refractivity contribution in [3.05, 3.63) is 18.5 Å². The van der Waals surface area contributed by atoms with Gasteiger partial charge in [0, 0.05) is 18.5 Å². The molecule has 2 N–H and O–H groups in total. The van der Waals surface area contributed by atoms with E-state index in [4.69, 9.17) is 19.3 Å². The van der Waals surface area contributed by atoms with E-state index in [1.54, 1.807) is 14.2 Å². The zero-order chi connectivity index (χ0) is 18.7. The normalized spacial score (nSPS) is 16.1. The molecule has 0 spiro atoms. The third-order valence-electron chi connectivity index (χ3n) is 4.87. The van der Waals surface area contributed by atoms with E-state index in [9.17, 15) is 4.57 Å². The minimum Gasteiger partial charge on any atom is -0.493 e. The predicted molar refractivity (Wildman–Crippen MR) is 99.1 cm³/mol. The molecule has 26 heavy (non-hydrogen) atoms. The van der Waals surface area contributed by atoms with Crippen molar-refractivity contribution in [3.8, 4) is 11.5 Å². The molecule has 1 fully saturated rings. The van der Waals surface area contributed by atoms with Crippen molar-refractivity contribution in [2.24, 2.45) is 5.92 Å². The summed E-state index contributed by atoms with van der Waals surface area (Å²) in [5, 5.41) is 0.902. The maximum Gasteiger partial charge on any atom is 0.325 e. The summed E-state index contributed by atoms with van der Waals surface area (Å²) < 4.78 is 21.9. The highest BCUT2D eigenvalue weighted by molar-refractivity contribution is 7.51. The van der Waals surface area contributed by atoms with Gasteiger partial charge < -0.3 is 24.2 Å². The molecule has 142 valence electrons. The molecule has 0 radical (unpaired) electrons. The maximum atomic E-state index is 11.1. The number of hydrogen-bond donors (Lipinski definition) is 2. The highest BCUT2D eigenvalue weighted by Crippen LogP contribution is 2.39. The van der Waals surface area contributed by atoms with Crippen LogP contribution in [0.4, 0.5) is 5.82 Å². The van der Waals surface area contributed by atoms with E-state index in [1.807, 2.05) is 12.1 Å². The van der Waals surface area contributed by atoms with Crippen molar-refractivity contribution in [3.63, 3.8) is 0 Å². The Morgan fingerprint density at radius 3 is 2.54 bits per heavy atom. The fourth-order valence-electron chi connectivity index (χ4n) is 3.47. The number of methoxy groups -OCH3 is 2. The van der Waals surface area contributed by atoms with Gasteiger partial charge in [-0.3, -0.25) is 4.57 Å². The van der Waals surface area contributed by atoms with Crippen molar-refractivity contribution >= 4 is 24.3 Å². The first-order valence-corrected chi connectivity index (χ1v) is 10.4. The lowest BCUT2D eigenvalue weighted by Gasteiger charge is -2.33. The molecule has 1 saturated heterocycles. The van der Waals surface area contributed by atoms with Gasteiger partial charge in [0.1, 0.15) is 17.7 Å². The summed E-state index contributed by atoms with van der Waals surface area (Å²) in [6.45, 7) is 1.60. The zero-order valence-electron chi connectivity index (χ0n) is 15.0. The molecule has 0 bridgehead atoms. The number of piperidine rings is 1. The zero-order valence-corrected chi connectivity index (χ0v) is 15.9. The third kappa shape index (κ3) is 4.09. The summed E-state index contributed by atoms with van der Waals surface area (Å²) in [7, 11) is -0.735. The largest absolute Gasteiger partial charge is 0.493 e. The first-order valence-electron chi connectivity index (χ1n) is 8.58. The van der Waals surface area contributed by atoms with E-state index in [1.165, 1.54) is 6.33 Å². The molecule has 1 aliphatic heterocycles. The van der Waals surface area contributed by atoms with E-state index in [-0.39, 0.29) is 6.16 Å². The van der Waals surface area contributed by atoms with Crippen molar-refractivity contribution < 1.29 is 23.8 Å². The molecule has 2 aromatic rings. The Morgan fingerprint density at radius 2 is 1.92 bits per heavy atom. The second-order valence-electron chi connectivity index (χ2n) is 6.50. The van der Waals surface area contributed by atoms with Crippen molar-refractivity contribution in [2.45, 2.75) is 19.3 Å². The fourth-order valence-corrected chi connectivity index (χ4v) is 4.17. The van der Waals surface area contributed by atoms with Gasteiger partial charge in [-0.1, -0.05) is 0 Å². The van der Waals surface area contributed by atoms with Crippen LogP contribution in [0.1, 0.15) is 19.3 Å². The number of benzene rings is 1. The van der Waals surface area contributed by atoms with Gasteiger partial charge in [0.15, 0.2) is 11.5 Å². The summed E-state index contributed by atoms with van der Waals surface area (Å²) in [5.41, 5.74) is 0.709. The van der Waals surface area contributed by atoms with E-state index < -0.39 is 7.60 Å². The molecule has 0 atom stereocenters. The summed E-state index contributed by atoms with van der Waals surface area (Å²) in [4.78, 5) is 29.1. The Hall–Kier alpha value is -1.89. The lowest BCUT2D eigenvalue weighted by atomic mass is 9.94. The van der Waals surface area contributed by atoms with Gasteiger partial charge in [0.05, 0.1) is 20.4 Å². The van der Waals surface area contributed by atoms with Gasteiger partial charge in [-0.2, -0.15) is 0 Å². The fraction of sp³-hybridized carbons (Fsp3) is 0.529. The Kier molecular flexibility index (Phi) is 5.65. The molecular weight excluding hydrogens is 357 g/mol. The predicted octanol–water partition coefficient (Wildman–Crippen LogP) is 2.43. The Balaban J connectivity index is 1.79. The van der Waals surface area contributed by atoms with E-state index in [2.05, 4.69) is 14.9 Å². The Bertz CT molecular complexity index is 817. The average molecular weight is 381 g/mol. The molecule has 0 amide bonds. The second kappa shape index (κ2) is 7.78. The summed E-state index contributed by atoms with van der Waals surface area (Å²) in [5.74, 6) is 2.40. The van der Waals surface area contributed by atoms with Gasteiger partial charge in [0.2, 0.25) is 0 Å². The number of nitrogens with zero attached hydrogens (tertiary/aromatic N) is 3. The van der Waals surface area contributed by atoms with Crippen LogP contribution in [-0.4, -0.2) is 53.2 Å². The van der Waals surface area contributed by atoms with Crippen LogP contribution in [0, 0.1) is 5.92 Å². The number of rotatable bonds is 6. The van der Waals surface area contributed by atoms with Crippen LogP contribution in [-0.2, 0) is 4.57 Å². The summed E-state index contributed by atoms with van der Waals surface area (Å²) in [6.07, 6.45) is 3.83. The van der Waals surface area contributed by atoms with Crippen molar-refractivity contribution in [1.29, 1.82) is 0 Å². The SMILES string of the molecule is COc1ccc2c(N3CCC(CCP(=O)(O)O)CC3)ncnc2c1OC. The highest BCUT2D eigenvalue weighted by Gasteiger charge is 2.25. The first kappa shape index (κ1) is 18.9. The molecule has 0 unspecified atom stereocenters.